The van der Waals surface area contributed by atoms with E-state index in [0.29, 0.717) is 35.4 Å². The zero-order valence-corrected chi connectivity index (χ0v) is 12.2. The number of fused-ring (bicyclic) bond motifs is 1. The van der Waals surface area contributed by atoms with Crippen LogP contribution < -0.4 is 5.56 Å². The van der Waals surface area contributed by atoms with Crippen LogP contribution in [0.25, 0.3) is 10.9 Å². The minimum absolute atomic E-state index is 0.153. The van der Waals surface area contributed by atoms with Gasteiger partial charge in [-0.2, -0.15) is 0 Å². The highest BCUT2D eigenvalue weighted by Gasteiger charge is 2.08. The molecule has 0 aliphatic rings. The lowest BCUT2D eigenvalue weighted by Crippen LogP contribution is -2.22. The number of H-pyrrole nitrogens is 1. The van der Waals surface area contributed by atoms with Crippen molar-refractivity contribution < 1.29 is 4.39 Å². The molecule has 22 heavy (non-hydrogen) atoms. The molecular formula is C17H16FN3O. The molecule has 0 atom stereocenters. The lowest BCUT2D eigenvalue weighted by Gasteiger charge is -2.16. The molecule has 0 saturated carbocycles. The third kappa shape index (κ3) is 3.04. The second-order valence-electron chi connectivity index (χ2n) is 5.29. The van der Waals surface area contributed by atoms with Crippen LogP contribution in [0.4, 0.5) is 4.39 Å². The van der Waals surface area contributed by atoms with Gasteiger partial charge in [-0.1, -0.05) is 30.3 Å². The Kier molecular flexibility index (Phi) is 3.98. The van der Waals surface area contributed by atoms with Crippen molar-refractivity contribution in [2.45, 2.75) is 13.1 Å². The van der Waals surface area contributed by atoms with E-state index in [4.69, 9.17) is 0 Å². The monoisotopic (exact) mass is 297 g/mol. The van der Waals surface area contributed by atoms with Crippen LogP contribution in [-0.2, 0) is 13.1 Å². The van der Waals surface area contributed by atoms with E-state index >= 15 is 0 Å². The maximum Gasteiger partial charge on any atom is 0.258 e. The molecule has 0 saturated heterocycles. The summed E-state index contributed by atoms with van der Waals surface area (Å²) in [4.78, 5) is 21.2. The fourth-order valence-corrected chi connectivity index (χ4v) is 2.44. The lowest BCUT2D eigenvalue weighted by molar-refractivity contribution is 0.305. The summed E-state index contributed by atoms with van der Waals surface area (Å²) in [6.07, 6.45) is 0. The van der Waals surface area contributed by atoms with Crippen LogP contribution in [0.3, 0.4) is 0 Å². The van der Waals surface area contributed by atoms with Crippen molar-refractivity contribution in [3.8, 4) is 0 Å². The zero-order chi connectivity index (χ0) is 15.5. The highest BCUT2D eigenvalue weighted by atomic mass is 19.1. The van der Waals surface area contributed by atoms with Gasteiger partial charge in [0.25, 0.3) is 5.56 Å². The van der Waals surface area contributed by atoms with E-state index in [2.05, 4.69) is 9.97 Å². The van der Waals surface area contributed by atoms with Crippen LogP contribution >= 0.6 is 0 Å². The third-order valence-corrected chi connectivity index (χ3v) is 3.48. The standard InChI is InChI=1S/C17H16FN3O/c1-21(10-12-6-2-4-8-14(12)18)11-16-19-15-9-5-3-7-13(15)17(22)20-16/h2-9H,10-11H2,1H3,(H,19,20,22). The van der Waals surface area contributed by atoms with Crippen molar-refractivity contribution >= 4 is 10.9 Å². The quantitative estimate of drug-likeness (QED) is 0.805. The van der Waals surface area contributed by atoms with Crippen molar-refractivity contribution in [3.05, 3.63) is 76.1 Å². The molecule has 0 radical (unpaired) electrons. The molecule has 4 nitrogen and oxygen atoms in total. The van der Waals surface area contributed by atoms with Gasteiger partial charge in [-0.25, -0.2) is 9.37 Å². The van der Waals surface area contributed by atoms with E-state index in [1.165, 1.54) is 6.07 Å². The van der Waals surface area contributed by atoms with Gasteiger partial charge in [-0.05, 0) is 25.2 Å². The Bertz CT molecular complexity index is 860. The molecular weight excluding hydrogens is 281 g/mol. The Morgan fingerprint density at radius 1 is 1.09 bits per heavy atom. The zero-order valence-electron chi connectivity index (χ0n) is 12.2. The number of aromatic amines is 1. The number of hydrogen-bond acceptors (Lipinski definition) is 3. The molecule has 1 aromatic heterocycles. The maximum absolute atomic E-state index is 13.7. The molecule has 2 aromatic carbocycles. The topological polar surface area (TPSA) is 49.0 Å². The summed E-state index contributed by atoms with van der Waals surface area (Å²) in [5, 5.41) is 0.572. The Hall–Kier alpha value is -2.53. The molecule has 0 amide bonds. The molecule has 1 N–H and O–H groups in total. The van der Waals surface area contributed by atoms with Crippen molar-refractivity contribution in [2.75, 3.05) is 7.05 Å². The van der Waals surface area contributed by atoms with Crippen molar-refractivity contribution in [1.29, 1.82) is 0 Å². The molecule has 0 spiro atoms. The maximum atomic E-state index is 13.7. The van der Waals surface area contributed by atoms with Crippen LogP contribution in [-0.4, -0.2) is 21.9 Å². The van der Waals surface area contributed by atoms with E-state index < -0.39 is 0 Å². The number of hydrogen-bond donors (Lipinski definition) is 1. The summed E-state index contributed by atoms with van der Waals surface area (Å²) in [6, 6.07) is 13.9. The van der Waals surface area contributed by atoms with Crippen LogP contribution in [0.2, 0.25) is 0 Å². The van der Waals surface area contributed by atoms with E-state index in [0.717, 1.165) is 0 Å². The van der Waals surface area contributed by atoms with Crippen molar-refractivity contribution in [3.63, 3.8) is 0 Å². The minimum atomic E-state index is -0.227. The number of halogens is 1. The number of aromatic nitrogens is 2. The fourth-order valence-electron chi connectivity index (χ4n) is 2.44. The molecule has 0 fully saturated rings. The highest BCUT2D eigenvalue weighted by molar-refractivity contribution is 5.77. The smallest absolute Gasteiger partial charge is 0.258 e. The Morgan fingerprint density at radius 3 is 2.64 bits per heavy atom. The van der Waals surface area contributed by atoms with Crippen LogP contribution in [0.1, 0.15) is 11.4 Å². The van der Waals surface area contributed by atoms with Gasteiger partial charge in [0.1, 0.15) is 11.6 Å². The van der Waals surface area contributed by atoms with E-state index in [9.17, 15) is 9.18 Å². The molecule has 5 heteroatoms. The second kappa shape index (κ2) is 6.07. The number of nitrogens with one attached hydrogen (secondary N) is 1. The van der Waals surface area contributed by atoms with Crippen LogP contribution in [0.5, 0.6) is 0 Å². The predicted molar refractivity (Wildman–Crippen MR) is 83.9 cm³/mol. The average molecular weight is 297 g/mol. The van der Waals surface area contributed by atoms with Crippen molar-refractivity contribution in [1.82, 2.24) is 14.9 Å². The predicted octanol–water partition coefficient (Wildman–Crippen LogP) is 2.69. The first kappa shape index (κ1) is 14.4. The summed E-state index contributed by atoms with van der Waals surface area (Å²) in [5.74, 6) is 0.344. The first-order valence-electron chi connectivity index (χ1n) is 7.03. The molecule has 0 aliphatic carbocycles. The van der Waals surface area contributed by atoms with E-state index in [-0.39, 0.29) is 11.4 Å². The van der Waals surface area contributed by atoms with Crippen molar-refractivity contribution in [2.24, 2.45) is 0 Å². The SMILES string of the molecule is CN(Cc1nc2ccccc2c(=O)[nH]1)Cc1ccccc1F. The summed E-state index contributed by atoms with van der Waals surface area (Å²) in [7, 11) is 1.86. The van der Waals surface area contributed by atoms with Crippen LogP contribution in [0.15, 0.2) is 53.3 Å². The Labute approximate surface area is 127 Å². The minimum Gasteiger partial charge on any atom is -0.309 e. The third-order valence-electron chi connectivity index (χ3n) is 3.48. The fraction of sp³-hybridized carbons (Fsp3) is 0.176. The molecule has 0 bridgehead atoms. The van der Waals surface area contributed by atoms with Gasteiger partial charge in [0.2, 0.25) is 0 Å². The van der Waals surface area contributed by atoms with Gasteiger partial charge in [0, 0.05) is 12.1 Å². The number of benzene rings is 2. The number of para-hydroxylation sites is 1. The Morgan fingerprint density at radius 2 is 1.82 bits per heavy atom. The number of rotatable bonds is 4. The molecule has 112 valence electrons. The van der Waals surface area contributed by atoms with Gasteiger partial charge in [0.15, 0.2) is 0 Å². The largest absolute Gasteiger partial charge is 0.309 e. The molecule has 0 unspecified atom stereocenters. The molecule has 3 aromatic rings. The summed E-state index contributed by atoms with van der Waals surface area (Å²) >= 11 is 0. The summed E-state index contributed by atoms with van der Waals surface area (Å²) in [5.41, 5.74) is 1.13. The molecule has 0 aliphatic heterocycles. The normalized spacial score (nSPS) is 11.2. The van der Waals surface area contributed by atoms with Gasteiger partial charge < -0.3 is 4.98 Å². The summed E-state index contributed by atoms with van der Waals surface area (Å²) in [6.45, 7) is 0.887. The van der Waals surface area contributed by atoms with Gasteiger partial charge in [-0.15, -0.1) is 0 Å². The highest BCUT2D eigenvalue weighted by Crippen LogP contribution is 2.11. The first-order valence-corrected chi connectivity index (χ1v) is 7.03. The molecule has 3 rings (SSSR count). The van der Waals surface area contributed by atoms with Gasteiger partial charge >= 0.3 is 0 Å². The first-order chi connectivity index (χ1) is 10.6. The lowest BCUT2D eigenvalue weighted by atomic mass is 10.2. The summed E-state index contributed by atoms with van der Waals surface area (Å²) < 4.78 is 13.7. The van der Waals surface area contributed by atoms with E-state index in [1.54, 1.807) is 18.2 Å². The van der Waals surface area contributed by atoms with Gasteiger partial charge in [-0.3, -0.25) is 9.69 Å². The average Bonchev–Trinajstić information content (AvgIpc) is 2.49. The second-order valence-corrected chi connectivity index (χ2v) is 5.29. The van der Waals surface area contributed by atoms with Crippen LogP contribution in [0, 0.1) is 5.82 Å². The number of nitrogens with zero attached hydrogens (tertiary/aromatic N) is 2. The van der Waals surface area contributed by atoms with E-state index in [1.807, 2.05) is 36.2 Å². The Balaban J connectivity index is 1.81. The van der Waals surface area contributed by atoms with Gasteiger partial charge in [0.05, 0.1) is 17.4 Å². The molecule has 1 heterocycles.